The fourth-order valence-electron chi connectivity index (χ4n) is 3.17. The number of esters is 1. The summed E-state index contributed by atoms with van der Waals surface area (Å²) >= 11 is 0. The molecule has 6 nitrogen and oxygen atoms in total. The van der Waals surface area contributed by atoms with Gasteiger partial charge in [-0.3, -0.25) is 0 Å². The van der Waals surface area contributed by atoms with Crippen molar-refractivity contribution in [3.8, 4) is 17.1 Å². The molecule has 3 aromatic carbocycles. The zero-order valence-corrected chi connectivity index (χ0v) is 17.5. The van der Waals surface area contributed by atoms with Crippen molar-refractivity contribution >= 4 is 28.4 Å². The summed E-state index contributed by atoms with van der Waals surface area (Å²) in [6.07, 6.45) is 0.963. The molecule has 1 heterocycles. The van der Waals surface area contributed by atoms with Crippen LogP contribution >= 0.6 is 0 Å². The average Bonchev–Trinajstić information content (AvgIpc) is 2.83. The Bertz CT molecular complexity index is 1190. The molecule has 4 rings (SSSR count). The van der Waals surface area contributed by atoms with Gasteiger partial charge in [0.2, 0.25) is 0 Å². The molecule has 0 spiro atoms. The number of hydrogen-bond donors (Lipinski definition) is 1. The zero-order chi connectivity index (χ0) is 21.6. The van der Waals surface area contributed by atoms with Crippen LogP contribution in [0.1, 0.15) is 23.7 Å². The molecule has 0 bridgehead atoms. The molecule has 1 N–H and O–H groups in total. The highest BCUT2D eigenvalue weighted by Crippen LogP contribution is 2.28. The van der Waals surface area contributed by atoms with Gasteiger partial charge in [-0.25, -0.2) is 14.8 Å². The number of benzene rings is 3. The summed E-state index contributed by atoms with van der Waals surface area (Å²) in [5.74, 6) is 1.77. The molecular formula is C25H23N3O3. The van der Waals surface area contributed by atoms with E-state index in [0.717, 1.165) is 34.3 Å². The first-order valence-electron chi connectivity index (χ1n) is 10.1. The second kappa shape index (κ2) is 9.26. The number of anilines is 2. The van der Waals surface area contributed by atoms with Gasteiger partial charge in [-0.2, -0.15) is 0 Å². The number of para-hydroxylation sites is 1. The van der Waals surface area contributed by atoms with Crippen LogP contribution in [0.5, 0.6) is 5.75 Å². The lowest BCUT2D eigenvalue weighted by Gasteiger charge is -2.12. The minimum absolute atomic E-state index is 0.368. The van der Waals surface area contributed by atoms with E-state index < -0.39 is 0 Å². The van der Waals surface area contributed by atoms with Crippen molar-refractivity contribution in [1.82, 2.24) is 9.97 Å². The Morgan fingerprint density at radius 1 is 0.935 bits per heavy atom. The van der Waals surface area contributed by atoms with Crippen molar-refractivity contribution in [3.63, 3.8) is 0 Å². The van der Waals surface area contributed by atoms with Crippen molar-refractivity contribution in [1.29, 1.82) is 0 Å². The van der Waals surface area contributed by atoms with Gasteiger partial charge in [-0.1, -0.05) is 19.1 Å². The lowest BCUT2D eigenvalue weighted by Crippen LogP contribution is -2.02. The lowest BCUT2D eigenvalue weighted by molar-refractivity contribution is 0.0601. The highest BCUT2D eigenvalue weighted by Gasteiger charge is 2.11. The van der Waals surface area contributed by atoms with Gasteiger partial charge in [0, 0.05) is 16.6 Å². The van der Waals surface area contributed by atoms with Crippen LogP contribution in [0.15, 0.2) is 72.8 Å². The van der Waals surface area contributed by atoms with E-state index in [1.54, 1.807) is 12.1 Å². The topological polar surface area (TPSA) is 73.3 Å². The van der Waals surface area contributed by atoms with Gasteiger partial charge < -0.3 is 14.8 Å². The molecule has 0 aliphatic rings. The molecule has 0 aliphatic heterocycles. The smallest absolute Gasteiger partial charge is 0.337 e. The fourth-order valence-corrected chi connectivity index (χ4v) is 3.17. The first-order valence-corrected chi connectivity index (χ1v) is 10.1. The van der Waals surface area contributed by atoms with Crippen molar-refractivity contribution in [2.75, 3.05) is 19.0 Å². The van der Waals surface area contributed by atoms with E-state index >= 15 is 0 Å². The maximum Gasteiger partial charge on any atom is 0.337 e. The van der Waals surface area contributed by atoms with Crippen LogP contribution in [0.2, 0.25) is 0 Å². The molecule has 156 valence electrons. The maximum atomic E-state index is 11.7. The molecule has 6 heteroatoms. The van der Waals surface area contributed by atoms with Crippen LogP contribution in [-0.4, -0.2) is 29.7 Å². The number of fused-ring (bicyclic) bond motifs is 1. The fraction of sp³-hybridized carbons (Fsp3) is 0.160. The summed E-state index contributed by atoms with van der Waals surface area (Å²) in [5, 5.41) is 4.26. The number of ether oxygens (including phenoxy) is 2. The number of nitrogens with zero attached hydrogens (tertiary/aromatic N) is 2. The van der Waals surface area contributed by atoms with Gasteiger partial charge in [-0.15, -0.1) is 0 Å². The van der Waals surface area contributed by atoms with Crippen LogP contribution in [-0.2, 0) is 4.74 Å². The van der Waals surface area contributed by atoms with E-state index in [-0.39, 0.29) is 5.97 Å². The molecule has 0 fully saturated rings. The second-order valence-electron chi connectivity index (χ2n) is 6.98. The first-order chi connectivity index (χ1) is 15.2. The van der Waals surface area contributed by atoms with Gasteiger partial charge >= 0.3 is 5.97 Å². The molecule has 0 saturated heterocycles. The summed E-state index contributed by atoms with van der Waals surface area (Å²) in [6.45, 7) is 2.77. The lowest BCUT2D eigenvalue weighted by atomic mass is 10.1. The van der Waals surface area contributed by atoms with Crippen molar-refractivity contribution < 1.29 is 14.3 Å². The van der Waals surface area contributed by atoms with Crippen LogP contribution < -0.4 is 10.1 Å². The Morgan fingerprint density at radius 3 is 2.39 bits per heavy atom. The van der Waals surface area contributed by atoms with E-state index in [1.165, 1.54) is 7.11 Å². The Kier molecular flexibility index (Phi) is 6.08. The molecule has 0 amide bonds. The molecule has 1 aromatic heterocycles. The number of hydrogen-bond acceptors (Lipinski definition) is 6. The molecule has 0 unspecified atom stereocenters. The van der Waals surface area contributed by atoms with Gasteiger partial charge in [-0.05, 0) is 67.1 Å². The summed E-state index contributed by atoms with van der Waals surface area (Å²) in [5.41, 5.74) is 3.05. The largest absolute Gasteiger partial charge is 0.494 e. The van der Waals surface area contributed by atoms with Crippen LogP contribution in [0.25, 0.3) is 22.3 Å². The Labute approximate surface area is 180 Å². The van der Waals surface area contributed by atoms with E-state index in [4.69, 9.17) is 19.4 Å². The van der Waals surface area contributed by atoms with E-state index in [9.17, 15) is 4.79 Å². The Hall–Kier alpha value is -3.93. The third kappa shape index (κ3) is 4.64. The molecule has 4 aromatic rings. The van der Waals surface area contributed by atoms with Gasteiger partial charge in [0.15, 0.2) is 5.82 Å². The monoisotopic (exact) mass is 413 g/mol. The zero-order valence-electron chi connectivity index (χ0n) is 17.5. The minimum Gasteiger partial charge on any atom is -0.494 e. The highest BCUT2D eigenvalue weighted by atomic mass is 16.5. The minimum atomic E-state index is -0.368. The molecule has 0 aliphatic carbocycles. The van der Waals surface area contributed by atoms with Crippen molar-refractivity contribution in [2.45, 2.75) is 13.3 Å². The summed E-state index contributed by atoms with van der Waals surface area (Å²) < 4.78 is 10.4. The van der Waals surface area contributed by atoms with Crippen LogP contribution in [0, 0.1) is 0 Å². The van der Waals surface area contributed by atoms with Crippen LogP contribution in [0.4, 0.5) is 11.5 Å². The predicted octanol–water partition coefficient (Wildman–Crippen LogP) is 5.62. The number of nitrogens with one attached hydrogen (secondary N) is 1. The number of carbonyl (C=O) groups is 1. The van der Waals surface area contributed by atoms with E-state index in [2.05, 4.69) is 12.2 Å². The third-order valence-corrected chi connectivity index (χ3v) is 4.76. The quantitative estimate of drug-likeness (QED) is 0.397. The maximum absolute atomic E-state index is 11.7. The molecule has 0 radical (unpaired) electrons. The molecule has 0 saturated carbocycles. The SMILES string of the molecule is CCCOc1ccc(-c2nc(Nc3ccc(C(=O)OC)cc3)c3ccccc3n2)cc1. The number of rotatable bonds is 7. The predicted molar refractivity (Wildman–Crippen MR) is 122 cm³/mol. The summed E-state index contributed by atoms with van der Waals surface area (Å²) in [7, 11) is 1.37. The van der Waals surface area contributed by atoms with Gasteiger partial charge in [0.05, 0.1) is 24.8 Å². The summed E-state index contributed by atoms with van der Waals surface area (Å²) in [6, 6.07) is 22.7. The summed E-state index contributed by atoms with van der Waals surface area (Å²) in [4.78, 5) is 21.2. The highest BCUT2D eigenvalue weighted by molar-refractivity contribution is 5.93. The molecule has 31 heavy (non-hydrogen) atoms. The number of methoxy groups -OCH3 is 1. The average molecular weight is 413 g/mol. The van der Waals surface area contributed by atoms with Gasteiger partial charge in [0.1, 0.15) is 11.6 Å². The van der Waals surface area contributed by atoms with Crippen molar-refractivity contribution in [2.24, 2.45) is 0 Å². The number of carbonyl (C=O) groups excluding carboxylic acids is 1. The van der Waals surface area contributed by atoms with Gasteiger partial charge in [0.25, 0.3) is 0 Å². The van der Waals surface area contributed by atoms with Crippen molar-refractivity contribution in [3.05, 3.63) is 78.4 Å². The normalized spacial score (nSPS) is 10.6. The van der Waals surface area contributed by atoms with E-state index in [0.29, 0.717) is 23.8 Å². The first kappa shape index (κ1) is 20.3. The molecular weight excluding hydrogens is 390 g/mol. The standard InChI is InChI=1S/C25H23N3O3/c1-3-16-31-20-14-10-17(11-15-20)23-27-22-7-5-4-6-21(22)24(28-23)26-19-12-8-18(9-13-19)25(29)30-2/h4-15H,3,16H2,1-2H3,(H,26,27,28). The number of aromatic nitrogens is 2. The second-order valence-corrected chi connectivity index (χ2v) is 6.98. The van der Waals surface area contributed by atoms with Crippen LogP contribution in [0.3, 0.4) is 0 Å². The molecule has 0 atom stereocenters. The van der Waals surface area contributed by atoms with E-state index in [1.807, 2.05) is 60.7 Å². The third-order valence-electron chi connectivity index (χ3n) is 4.76. The Balaban J connectivity index is 1.67. The Morgan fingerprint density at radius 2 is 1.68 bits per heavy atom.